The van der Waals surface area contributed by atoms with Crippen LogP contribution in [0.2, 0.25) is 0 Å². The minimum absolute atomic E-state index is 0.352. The van der Waals surface area contributed by atoms with Crippen LogP contribution < -0.4 is 5.32 Å². The van der Waals surface area contributed by atoms with Crippen molar-refractivity contribution in [3.63, 3.8) is 0 Å². The third-order valence-corrected chi connectivity index (χ3v) is 3.86. The van der Waals surface area contributed by atoms with Gasteiger partial charge in [-0.2, -0.15) is 4.98 Å². The van der Waals surface area contributed by atoms with E-state index < -0.39 is 0 Å². The van der Waals surface area contributed by atoms with Crippen molar-refractivity contribution in [2.75, 3.05) is 13.2 Å². The third kappa shape index (κ3) is 4.28. The average Bonchev–Trinajstić information content (AvgIpc) is 2.79. The lowest BCUT2D eigenvalue weighted by Crippen LogP contribution is -2.34. The summed E-state index contributed by atoms with van der Waals surface area (Å²) in [6, 6.07) is 0.465. The third-order valence-electron chi connectivity index (χ3n) is 3.86. The molecule has 5 heteroatoms. The van der Waals surface area contributed by atoms with Crippen molar-refractivity contribution in [2.45, 2.75) is 70.9 Å². The summed E-state index contributed by atoms with van der Waals surface area (Å²) in [5, 5.41) is 7.63. The van der Waals surface area contributed by atoms with Crippen LogP contribution in [0.3, 0.4) is 0 Å². The molecular formula is C15H27N3O2. The van der Waals surface area contributed by atoms with Gasteiger partial charge >= 0.3 is 0 Å². The van der Waals surface area contributed by atoms with Gasteiger partial charge in [0.2, 0.25) is 5.89 Å². The summed E-state index contributed by atoms with van der Waals surface area (Å²) in [6.07, 6.45) is 7.18. The van der Waals surface area contributed by atoms with Gasteiger partial charge in [0.25, 0.3) is 0 Å². The predicted octanol–water partition coefficient (Wildman–Crippen LogP) is 3.02. The molecule has 1 N–H and O–H groups in total. The molecule has 0 aromatic carbocycles. The van der Waals surface area contributed by atoms with E-state index in [2.05, 4.69) is 29.3 Å². The number of ether oxygens (including phenoxy) is 1. The maximum atomic E-state index is 5.49. The fourth-order valence-corrected chi connectivity index (χ4v) is 2.89. The smallest absolute Gasteiger partial charge is 0.231 e. The van der Waals surface area contributed by atoms with E-state index in [0.29, 0.717) is 24.4 Å². The molecule has 2 atom stereocenters. The summed E-state index contributed by atoms with van der Waals surface area (Å²) in [4.78, 5) is 4.54. The van der Waals surface area contributed by atoms with Crippen molar-refractivity contribution in [1.29, 1.82) is 0 Å². The van der Waals surface area contributed by atoms with Crippen LogP contribution in [0.4, 0.5) is 0 Å². The first-order valence-electron chi connectivity index (χ1n) is 7.98. The van der Waals surface area contributed by atoms with Crippen molar-refractivity contribution in [3.05, 3.63) is 11.7 Å². The molecule has 1 saturated carbocycles. The molecule has 1 aliphatic carbocycles. The first kappa shape index (κ1) is 15.4. The molecule has 114 valence electrons. The summed E-state index contributed by atoms with van der Waals surface area (Å²) < 4.78 is 11.0. The van der Waals surface area contributed by atoms with Crippen LogP contribution in [-0.4, -0.2) is 29.3 Å². The molecular weight excluding hydrogens is 254 g/mol. The number of likely N-dealkylation sites (N-methyl/N-ethyl adjacent to an activating group) is 1. The lowest BCUT2D eigenvalue weighted by atomic mass is 9.94. The molecule has 2 unspecified atom stereocenters. The van der Waals surface area contributed by atoms with E-state index in [-0.39, 0.29) is 0 Å². The van der Waals surface area contributed by atoms with Gasteiger partial charge in [0.05, 0.1) is 5.92 Å². The molecule has 1 aromatic rings. The van der Waals surface area contributed by atoms with Crippen LogP contribution in [0, 0.1) is 0 Å². The summed E-state index contributed by atoms with van der Waals surface area (Å²) in [6.45, 7) is 6.43. The number of nitrogens with zero attached hydrogens (tertiary/aromatic N) is 2. The SMILES string of the molecule is CCCOCc1noc(C2CCCCCC2NCC)n1. The maximum absolute atomic E-state index is 5.49. The first-order valence-corrected chi connectivity index (χ1v) is 7.98. The normalized spacial score (nSPS) is 23.7. The molecule has 0 spiro atoms. The Morgan fingerprint density at radius 1 is 1.25 bits per heavy atom. The Morgan fingerprint density at radius 2 is 2.10 bits per heavy atom. The van der Waals surface area contributed by atoms with Crippen molar-refractivity contribution < 1.29 is 9.26 Å². The molecule has 0 aliphatic heterocycles. The van der Waals surface area contributed by atoms with Gasteiger partial charge < -0.3 is 14.6 Å². The van der Waals surface area contributed by atoms with E-state index in [9.17, 15) is 0 Å². The Bertz CT molecular complexity index is 381. The highest BCUT2D eigenvalue weighted by molar-refractivity contribution is 5.00. The van der Waals surface area contributed by atoms with Crippen LogP contribution in [0.25, 0.3) is 0 Å². The minimum atomic E-state index is 0.352. The highest BCUT2D eigenvalue weighted by atomic mass is 16.5. The summed E-state index contributed by atoms with van der Waals surface area (Å²) >= 11 is 0. The highest BCUT2D eigenvalue weighted by Gasteiger charge is 2.29. The van der Waals surface area contributed by atoms with Crippen molar-refractivity contribution in [2.24, 2.45) is 0 Å². The second-order valence-electron chi connectivity index (χ2n) is 5.51. The Labute approximate surface area is 121 Å². The molecule has 20 heavy (non-hydrogen) atoms. The fraction of sp³-hybridized carbons (Fsp3) is 0.867. The van der Waals surface area contributed by atoms with Gasteiger partial charge in [-0.3, -0.25) is 0 Å². The monoisotopic (exact) mass is 281 g/mol. The van der Waals surface area contributed by atoms with Crippen LogP contribution in [-0.2, 0) is 11.3 Å². The first-order chi connectivity index (χ1) is 9.85. The predicted molar refractivity (Wildman–Crippen MR) is 77.5 cm³/mol. The zero-order chi connectivity index (χ0) is 14.2. The second kappa shape index (κ2) is 8.37. The van der Waals surface area contributed by atoms with E-state index >= 15 is 0 Å². The lowest BCUT2D eigenvalue weighted by molar-refractivity contribution is 0.114. The quantitative estimate of drug-likeness (QED) is 0.615. The summed E-state index contributed by atoms with van der Waals surface area (Å²) in [5.41, 5.74) is 0. The summed E-state index contributed by atoms with van der Waals surface area (Å²) in [5.74, 6) is 1.81. The molecule has 1 fully saturated rings. The van der Waals surface area contributed by atoms with E-state index in [1.165, 1.54) is 25.7 Å². The van der Waals surface area contributed by atoms with Crippen molar-refractivity contribution >= 4 is 0 Å². The largest absolute Gasteiger partial charge is 0.373 e. The zero-order valence-corrected chi connectivity index (χ0v) is 12.7. The lowest BCUT2D eigenvalue weighted by Gasteiger charge is -2.22. The molecule has 1 aromatic heterocycles. The van der Waals surface area contributed by atoms with Gasteiger partial charge in [0, 0.05) is 12.6 Å². The molecule has 0 amide bonds. The molecule has 1 heterocycles. The van der Waals surface area contributed by atoms with Gasteiger partial charge in [-0.05, 0) is 25.8 Å². The molecule has 0 saturated heterocycles. The molecule has 2 rings (SSSR count). The second-order valence-corrected chi connectivity index (χ2v) is 5.51. The van der Waals surface area contributed by atoms with Gasteiger partial charge in [-0.25, -0.2) is 0 Å². The number of rotatable bonds is 7. The van der Waals surface area contributed by atoms with Crippen molar-refractivity contribution in [3.8, 4) is 0 Å². The van der Waals surface area contributed by atoms with Gasteiger partial charge in [-0.1, -0.05) is 38.3 Å². The number of hydrogen-bond acceptors (Lipinski definition) is 5. The number of nitrogens with one attached hydrogen (secondary N) is 1. The average molecular weight is 281 g/mol. The molecule has 0 bridgehead atoms. The standard InChI is InChI=1S/C15H27N3O2/c1-3-10-19-11-14-17-15(20-18-14)12-8-6-5-7-9-13(12)16-4-2/h12-13,16H,3-11H2,1-2H3. The Balaban J connectivity index is 1.99. The zero-order valence-electron chi connectivity index (χ0n) is 12.7. The topological polar surface area (TPSA) is 60.2 Å². The van der Waals surface area contributed by atoms with Crippen molar-refractivity contribution in [1.82, 2.24) is 15.5 Å². The molecule has 5 nitrogen and oxygen atoms in total. The maximum Gasteiger partial charge on any atom is 0.231 e. The van der Waals surface area contributed by atoms with E-state index in [1.807, 2.05) is 0 Å². The van der Waals surface area contributed by atoms with Crippen LogP contribution in [0.5, 0.6) is 0 Å². The van der Waals surface area contributed by atoms with Crippen LogP contribution >= 0.6 is 0 Å². The van der Waals surface area contributed by atoms with Gasteiger partial charge in [0.15, 0.2) is 5.82 Å². The summed E-state index contributed by atoms with van der Waals surface area (Å²) in [7, 11) is 0. The molecule has 0 radical (unpaired) electrons. The molecule has 1 aliphatic rings. The van der Waals surface area contributed by atoms with Gasteiger partial charge in [0.1, 0.15) is 6.61 Å². The highest BCUT2D eigenvalue weighted by Crippen LogP contribution is 2.31. The number of hydrogen-bond donors (Lipinski definition) is 1. The fourth-order valence-electron chi connectivity index (χ4n) is 2.89. The van der Waals surface area contributed by atoms with Crippen LogP contribution in [0.15, 0.2) is 4.52 Å². The van der Waals surface area contributed by atoms with E-state index in [0.717, 1.165) is 31.9 Å². The van der Waals surface area contributed by atoms with Crippen LogP contribution in [0.1, 0.15) is 70.0 Å². The Hall–Kier alpha value is -0.940. The Kier molecular flexibility index (Phi) is 6.47. The van der Waals surface area contributed by atoms with E-state index in [1.54, 1.807) is 0 Å². The van der Waals surface area contributed by atoms with Gasteiger partial charge in [-0.15, -0.1) is 0 Å². The number of aromatic nitrogens is 2. The minimum Gasteiger partial charge on any atom is -0.373 e. The Morgan fingerprint density at radius 3 is 2.90 bits per heavy atom. The van der Waals surface area contributed by atoms with E-state index in [4.69, 9.17) is 9.26 Å².